The van der Waals surface area contributed by atoms with Crippen molar-refractivity contribution >= 4 is 0 Å². The first-order valence-corrected chi connectivity index (χ1v) is 11.7. The van der Waals surface area contributed by atoms with E-state index in [4.69, 9.17) is 0 Å². The predicted molar refractivity (Wildman–Crippen MR) is 149 cm³/mol. The summed E-state index contributed by atoms with van der Waals surface area (Å²) < 4.78 is 0. The molecule has 0 atom stereocenters. The standard InChI is InChI=1S/3C12H8.3Zn/c3*1-3-7-11(8-4-1)12-9-5-2-6-10-12;;;/h3*1-7,9H;;;/q3*-2;3*+2. The van der Waals surface area contributed by atoms with Gasteiger partial charge in [-0.05, 0) is 0 Å². The Morgan fingerprint density at radius 3 is 0.487 bits per heavy atom. The third-order valence-electron chi connectivity index (χ3n) is 5.12. The first-order chi connectivity index (χ1) is 17.9. The van der Waals surface area contributed by atoms with E-state index in [0.29, 0.717) is 0 Å². The van der Waals surface area contributed by atoms with Gasteiger partial charge in [-0.1, -0.05) is 0 Å². The van der Waals surface area contributed by atoms with E-state index in [2.05, 4.69) is 36.4 Å². The van der Waals surface area contributed by atoms with E-state index in [1.807, 2.05) is 146 Å². The molecule has 174 valence electrons. The molecule has 0 saturated carbocycles. The summed E-state index contributed by atoms with van der Waals surface area (Å²) in [4.78, 5) is 0. The zero-order valence-electron chi connectivity index (χ0n) is 22.0. The van der Waals surface area contributed by atoms with Crippen molar-refractivity contribution in [2.45, 2.75) is 0 Å². The summed E-state index contributed by atoms with van der Waals surface area (Å²) in [5, 5.41) is 0. The van der Waals surface area contributed by atoms with Crippen LogP contribution in [-0.2, 0) is 58.4 Å². The molecule has 0 amide bonds. The summed E-state index contributed by atoms with van der Waals surface area (Å²) in [6.45, 7) is 0. The third kappa shape index (κ3) is 11.9. The summed E-state index contributed by atoms with van der Waals surface area (Å²) in [6.07, 6.45) is 0. The van der Waals surface area contributed by atoms with Gasteiger partial charge in [-0.3, -0.25) is 0 Å². The van der Waals surface area contributed by atoms with E-state index in [0.717, 1.165) is 33.4 Å². The minimum absolute atomic E-state index is 0. The Labute approximate surface area is 271 Å². The van der Waals surface area contributed by atoms with Crippen LogP contribution in [0, 0.1) is 36.4 Å². The molecule has 0 heterocycles. The molecule has 0 spiro atoms. The molecule has 3 heteroatoms. The van der Waals surface area contributed by atoms with Gasteiger partial charge < -0.3 is 0 Å². The molecule has 0 nitrogen and oxygen atoms in total. The summed E-state index contributed by atoms with van der Waals surface area (Å²) in [5.74, 6) is 0. The molecular weight excluding hydrogens is 629 g/mol. The van der Waals surface area contributed by atoms with Gasteiger partial charge in [0.15, 0.2) is 0 Å². The van der Waals surface area contributed by atoms with Crippen molar-refractivity contribution in [3.05, 3.63) is 182 Å². The van der Waals surface area contributed by atoms with E-state index in [-0.39, 0.29) is 58.4 Å². The molecule has 6 rings (SSSR count). The fourth-order valence-electron chi connectivity index (χ4n) is 3.37. The van der Waals surface area contributed by atoms with Crippen molar-refractivity contribution in [1.82, 2.24) is 0 Å². The van der Waals surface area contributed by atoms with Crippen LogP contribution >= 0.6 is 0 Å². The van der Waals surface area contributed by atoms with Gasteiger partial charge in [0, 0.05) is 0 Å². The number of hydrogen-bond acceptors (Lipinski definition) is 0. The van der Waals surface area contributed by atoms with Crippen molar-refractivity contribution in [3.8, 4) is 33.4 Å². The van der Waals surface area contributed by atoms with Crippen LogP contribution in [0.2, 0.25) is 0 Å². The smallest absolute Gasteiger partial charge is 0.226 e. The molecule has 0 aliphatic rings. The monoisotopic (exact) mass is 648 g/mol. The Balaban J connectivity index is 0.000000282. The first-order valence-electron chi connectivity index (χ1n) is 11.7. The Kier molecular flexibility index (Phi) is 17.7. The Morgan fingerprint density at radius 2 is 0.385 bits per heavy atom. The number of rotatable bonds is 3. The van der Waals surface area contributed by atoms with Gasteiger partial charge >= 0.3 is 58.4 Å². The quantitative estimate of drug-likeness (QED) is 0.132. The maximum Gasteiger partial charge on any atom is 2.00 e. The predicted octanol–water partition coefficient (Wildman–Crippen LogP) is 8.85. The van der Waals surface area contributed by atoms with Crippen molar-refractivity contribution in [3.63, 3.8) is 0 Å². The molecule has 0 unspecified atom stereocenters. The second-order valence-electron chi connectivity index (χ2n) is 7.66. The van der Waals surface area contributed by atoms with Crippen LogP contribution in [0.4, 0.5) is 0 Å². The minimum Gasteiger partial charge on any atom is -0.226 e. The summed E-state index contributed by atoms with van der Waals surface area (Å²) in [7, 11) is 0. The summed E-state index contributed by atoms with van der Waals surface area (Å²) in [6, 6.07) is 66.4. The van der Waals surface area contributed by atoms with Crippen LogP contribution in [0.3, 0.4) is 0 Å². The molecule has 0 radical (unpaired) electrons. The molecule has 0 fully saturated rings. The van der Waals surface area contributed by atoms with Crippen molar-refractivity contribution in [2.75, 3.05) is 0 Å². The second-order valence-corrected chi connectivity index (χ2v) is 7.66. The van der Waals surface area contributed by atoms with Gasteiger partial charge in [-0.2, -0.15) is 146 Å². The topological polar surface area (TPSA) is 0 Å². The van der Waals surface area contributed by atoms with Crippen molar-refractivity contribution in [2.24, 2.45) is 0 Å². The maximum absolute atomic E-state index is 3.15. The zero-order chi connectivity index (χ0) is 24.7. The largest absolute Gasteiger partial charge is 2.00 e. The van der Waals surface area contributed by atoms with Crippen LogP contribution in [0.25, 0.3) is 33.4 Å². The first kappa shape index (κ1) is 34.2. The Bertz CT molecular complexity index is 1090. The molecule has 0 aliphatic carbocycles. The summed E-state index contributed by atoms with van der Waals surface area (Å²) in [5.41, 5.74) is 6.57. The van der Waals surface area contributed by atoms with Gasteiger partial charge in [-0.15, -0.1) is 36.4 Å². The molecule has 0 bridgehead atoms. The van der Waals surface area contributed by atoms with Gasteiger partial charge in [0.25, 0.3) is 0 Å². The van der Waals surface area contributed by atoms with Crippen LogP contribution in [-0.4, -0.2) is 0 Å². The Hall–Kier alpha value is -2.81. The van der Waals surface area contributed by atoms with Gasteiger partial charge in [0.05, 0.1) is 0 Å². The van der Waals surface area contributed by atoms with Crippen molar-refractivity contribution in [1.29, 1.82) is 0 Å². The van der Waals surface area contributed by atoms with Gasteiger partial charge in [0.1, 0.15) is 0 Å². The molecule has 0 saturated heterocycles. The SMILES string of the molecule is [Zn+2].[Zn+2].[Zn+2].[c-]1ccccc1-c1[c-]cccc1.[c-]1ccccc1-c1[c-]cccc1.[c-]1ccccc1-c1[c-]cccc1. The van der Waals surface area contributed by atoms with E-state index < -0.39 is 0 Å². The fraction of sp³-hybridized carbons (Fsp3) is 0. The van der Waals surface area contributed by atoms with Crippen LogP contribution in [0.15, 0.2) is 146 Å². The minimum atomic E-state index is 0. The molecule has 0 N–H and O–H groups in total. The molecule has 6 aromatic carbocycles. The van der Waals surface area contributed by atoms with E-state index in [1.54, 1.807) is 0 Å². The van der Waals surface area contributed by atoms with Gasteiger partial charge in [0.2, 0.25) is 0 Å². The van der Waals surface area contributed by atoms with Gasteiger partial charge in [-0.25, -0.2) is 33.4 Å². The van der Waals surface area contributed by atoms with E-state index in [1.165, 1.54) is 0 Å². The molecule has 39 heavy (non-hydrogen) atoms. The second kappa shape index (κ2) is 20.1. The maximum atomic E-state index is 3.15. The normalized spacial score (nSPS) is 8.92. The zero-order valence-corrected chi connectivity index (χ0v) is 30.9. The molecule has 6 aromatic rings. The number of benzene rings is 6. The van der Waals surface area contributed by atoms with E-state index in [9.17, 15) is 0 Å². The van der Waals surface area contributed by atoms with E-state index >= 15 is 0 Å². The van der Waals surface area contributed by atoms with Crippen molar-refractivity contribution < 1.29 is 58.4 Å². The van der Waals surface area contributed by atoms with Crippen LogP contribution < -0.4 is 0 Å². The fourth-order valence-corrected chi connectivity index (χ4v) is 3.37. The summed E-state index contributed by atoms with van der Waals surface area (Å²) >= 11 is 0. The molecule has 0 aliphatic heterocycles. The number of hydrogen-bond donors (Lipinski definition) is 0. The average Bonchev–Trinajstić information content (AvgIpc) is 3.01. The third-order valence-corrected chi connectivity index (χ3v) is 5.12. The van der Waals surface area contributed by atoms with Crippen LogP contribution in [0.5, 0.6) is 0 Å². The molecule has 0 aromatic heterocycles. The average molecular weight is 653 g/mol. The Morgan fingerprint density at radius 1 is 0.231 bits per heavy atom. The molecular formula is C36H24Zn3. The van der Waals surface area contributed by atoms with Crippen LogP contribution in [0.1, 0.15) is 0 Å².